The van der Waals surface area contributed by atoms with Crippen LogP contribution in [0.15, 0.2) is 53.4 Å². The molecule has 0 aromatic heterocycles. The maximum atomic E-state index is 13.2. The molecule has 0 unspecified atom stereocenters. The first-order valence-electron chi connectivity index (χ1n) is 10.7. The van der Waals surface area contributed by atoms with E-state index in [-0.39, 0.29) is 22.4 Å². The molecule has 8 nitrogen and oxygen atoms in total. The molecule has 3 amide bonds. The lowest BCUT2D eigenvalue weighted by molar-refractivity contribution is -0.120. The monoisotopic (exact) mass is 487 g/mol. The number of hydrogen-bond donors (Lipinski definition) is 1. The maximum absolute atomic E-state index is 13.2. The number of sulfonamides is 1. The number of amides is 3. The van der Waals surface area contributed by atoms with Crippen LogP contribution in [-0.2, 0) is 14.8 Å². The highest BCUT2D eigenvalue weighted by Crippen LogP contribution is 2.28. The molecule has 2 aromatic carbocycles. The van der Waals surface area contributed by atoms with E-state index in [1.807, 2.05) is 6.26 Å². The summed E-state index contributed by atoms with van der Waals surface area (Å²) in [6.07, 6.45) is 3.81. The molecule has 33 heavy (non-hydrogen) atoms. The molecule has 0 saturated carbocycles. The van der Waals surface area contributed by atoms with Gasteiger partial charge in [0.25, 0.3) is 11.8 Å². The molecule has 2 aromatic rings. The van der Waals surface area contributed by atoms with Crippen molar-refractivity contribution in [2.75, 3.05) is 30.4 Å². The molecule has 1 saturated heterocycles. The van der Waals surface area contributed by atoms with E-state index in [0.717, 1.165) is 17.7 Å². The SMILES string of the molecule is CSCC[C@H](C(=O)Nc1cccc(S(=O)(=O)N2CCCC2)c1)N1C(=O)c2ccccc2C1=O. The van der Waals surface area contributed by atoms with Crippen molar-refractivity contribution < 1.29 is 22.8 Å². The molecule has 2 heterocycles. The van der Waals surface area contributed by atoms with Gasteiger partial charge in [0, 0.05) is 18.8 Å². The second-order valence-electron chi connectivity index (χ2n) is 7.95. The molecular formula is C23H25N3O5S2. The van der Waals surface area contributed by atoms with E-state index in [9.17, 15) is 22.8 Å². The second kappa shape index (κ2) is 9.66. The predicted octanol–water partition coefficient (Wildman–Crippen LogP) is 2.83. The Labute approximate surface area is 197 Å². The van der Waals surface area contributed by atoms with Crippen molar-refractivity contribution in [1.29, 1.82) is 0 Å². The molecule has 4 rings (SSSR count). The van der Waals surface area contributed by atoms with E-state index in [0.29, 0.717) is 24.5 Å². The number of nitrogens with one attached hydrogen (secondary N) is 1. The van der Waals surface area contributed by atoms with Crippen molar-refractivity contribution in [3.8, 4) is 0 Å². The molecule has 0 radical (unpaired) electrons. The van der Waals surface area contributed by atoms with Crippen molar-refractivity contribution in [2.45, 2.75) is 30.2 Å². The van der Waals surface area contributed by atoms with Crippen LogP contribution >= 0.6 is 11.8 Å². The summed E-state index contributed by atoms with van der Waals surface area (Å²) in [6, 6.07) is 11.6. The van der Waals surface area contributed by atoms with Crippen LogP contribution in [0.4, 0.5) is 5.69 Å². The summed E-state index contributed by atoms with van der Waals surface area (Å²) in [4.78, 5) is 40.2. The number of carbonyl (C=O) groups is 3. The quantitative estimate of drug-likeness (QED) is 0.575. The number of imide groups is 1. The summed E-state index contributed by atoms with van der Waals surface area (Å²) >= 11 is 1.50. The average molecular weight is 488 g/mol. The third-order valence-corrected chi connectivity index (χ3v) is 8.38. The molecule has 10 heteroatoms. The lowest BCUT2D eigenvalue weighted by atomic mass is 10.1. The molecule has 1 fully saturated rings. The lowest BCUT2D eigenvalue weighted by Crippen LogP contribution is -2.47. The smallest absolute Gasteiger partial charge is 0.262 e. The summed E-state index contributed by atoms with van der Waals surface area (Å²) in [5, 5.41) is 2.72. The third-order valence-electron chi connectivity index (χ3n) is 5.84. The van der Waals surface area contributed by atoms with Crippen LogP contribution < -0.4 is 5.32 Å². The first kappa shape index (κ1) is 23.5. The Balaban J connectivity index is 1.58. The van der Waals surface area contributed by atoms with Crippen molar-refractivity contribution in [3.63, 3.8) is 0 Å². The zero-order chi connectivity index (χ0) is 23.6. The van der Waals surface area contributed by atoms with E-state index in [1.165, 1.54) is 28.2 Å². The molecule has 2 aliphatic rings. The van der Waals surface area contributed by atoms with Gasteiger partial charge in [-0.1, -0.05) is 18.2 Å². The van der Waals surface area contributed by atoms with Crippen LogP contribution in [0.3, 0.4) is 0 Å². The predicted molar refractivity (Wildman–Crippen MR) is 127 cm³/mol. The van der Waals surface area contributed by atoms with Crippen LogP contribution in [0.25, 0.3) is 0 Å². The Kier molecular flexibility index (Phi) is 6.87. The first-order chi connectivity index (χ1) is 15.8. The van der Waals surface area contributed by atoms with Crippen LogP contribution in [0.2, 0.25) is 0 Å². The normalized spacial score (nSPS) is 17.3. The number of thioether (sulfide) groups is 1. The van der Waals surface area contributed by atoms with E-state index in [1.54, 1.807) is 36.4 Å². The highest BCUT2D eigenvalue weighted by Gasteiger charge is 2.42. The van der Waals surface area contributed by atoms with Crippen molar-refractivity contribution in [2.24, 2.45) is 0 Å². The molecule has 0 aliphatic carbocycles. The Morgan fingerprint density at radius 2 is 1.67 bits per heavy atom. The van der Waals surface area contributed by atoms with Gasteiger partial charge in [-0.05, 0) is 61.6 Å². The molecule has 0 bridgehead atoms. The molecule has 1 N–H and O–H groups in total. The third kappa shape index (κ3) is 4.55. The molecule has 0 spiro atoms. The van der Waals surface area contributed by atoms with Crippen LogP contribution in [0.1, 0.15) is 40.0 Å². The van der Waals surface area contributed by atoms with Gasteiger partial charge in [0.1, 0.15) is 6.04 Å². The van der Waals surface area contributed by atoms with E-state index in [2.05, 4.69) is 5.32 Å². The number of benzene rings is 2. The van der Waals surface area contributed by atoms with Crippen molar-refractivity contribution in [1.82, 2.24) is 9.21 Å². The highest BCUT2D eigenvalue weighted by atomic mass is 32.2. The summed E-state index contributed by atoms with van der Waals surface area (Å²) in [7, 11) is -3.64. The number of rotatable bonds is 8. The van der Waals surface area contributed by atoms with E-state index in [4.69, 9.17) is 0 Å². The standard InChI is InChI=1S/C23H25N3O5S2/c1-32-14-11-20(26-22(28)18-9-2-3-10-19(18)23(26)29)21(27)24-16-7-6-8-17(15-16)33(30,31)25-12-4-5-13-25/h2-3,6-10,15,20H,4-5,11-14H2,1H3,(H,24,27)/t20-/m1/s1. The number of anilines is 1. The van der Waals surface area contributed by atoms with Gasteiger partial charge in [-0.3, -0.25) is 19.3 Å². The first-order valence-corrected chi connectivity index (χ1v) is 13.5. The van der Waals surface area contributed by atoms with Gasteiger partial charge in [0.2, 0.25) is 15.9 Å². The van der Waals surface area contributed by atoms with Crippen molar-refractivity contribution in [3.05, 3.63) is 59.7 Å². The van der Waals surface area contributed by atoms with E-state index >= 15 is 0 Å². The Bertz CT molecular complexity index is 1160. The number of fused-ring (bicyclic) bond motifs is 1. The van der Waals surface area contributed by atoms with Crippen LogP contribution in [-0.4, -0.2) is 66.5 Å². The zero-order valence-electron chi connectivity index (χ0n) is 18.2. The summed E-state index contributed by atoms with van der Waals surface area (Å²) < 4.78 is 27.2. The zero-order valence-corrected chi connectivity index (χ0v) is 19.8. The summed E-state index contributed by atoms with van der Waals surface area (Å²) in [5.74, 6) is -0.965. The fraction of sp³-hybridized carbons (Fsp3) is 0.348. The number of hydrogen-bond acceptors (Lipinski definition) is 6. The fourth-order valence-electron chi connectivity index (χ4n) is 4.14. The van der Waals surface area contributed by atoms with Crippen molar-refractivity contribution >= 4 is 45.2 Å². The van der Waals surface area contributed by atoms with E-state index < -0.39 is 33.8 Å². The van der Waals surface area contributed by atoms with Gasteiger partial charge in [0.05, 0.1) is 16.0 Å². The molecule has 2 aliphatic heterocycles. The summed E-state index contributed by atoms with van der Waals surface area (Å²) in [6.45, 7) is 0.963. The van der Waals surface area contributed by atoms with Gasteiger partial charge < -0.3 is 5.32 Å². The Morgan fingerprint density at radius 3 is 2.27 bits per heavy atom. The highest BCUT2D eigenvalue weighted by molar-refractivity contribution is 7.98. The fourth-order valence-corrected chi connectivity index (χ4v) is 6.16. The van der Waals surface area contributed by atoms with Gasteiger partial charge in [-0.25, -0.2) is 8.42 Å². The van der Waals surface area contributed by atoms with Gasteiger partial charge in [0.15, 0.2) is 0 Å². The minimum absolute atomic E-state index is 0.101. The van der Waals surface area contributed by atoms with Gasteiger partial charge in [-0.2, -0.15) is 16.1 Å². The Morgan fingerprint density at radius 1 is 1.03 bits per heavy atom. The number of carbonyl (C=O) groups excluding carboxylic acids is 3. The lowest BCUT2D eigenvalue weighted by Gasteiger charge is -2.25. The minimum atomic E-state index is -3.64. The minimum Gasteiger partial charge on any atom is -0.324 e. The average Bonchev–Trinajstić information content (AvgIpc) is 3.44. The maximum Gasteiger partial charge on any atom is 0.262 e. The molecule has 174 valence electrons. The topological polar surface area (TPSA) is 104 Å². The van der Waals surface area contributed by atoms with Gasteiger partial charge in [-0.15, -0.1) is 0 Å². The molecule has 1 atom stereocenters. The number of nitrogens with zero attached hydrogens (tertiary/aromatic N) is 2. The Hall–Kier alpha value is -2.69. The molecular weight excluding hydrogens is 462 g/mol. The van der Waals surface area contributed by atoms with Crippen LogP contribution in [0, 0.1) is 0 Å². The van der Waals surface area contributed by atoms with Gasteiger partial charge >= 0.3 is 0 Å². The largest absolute Gasteiger partial charge is 0.324 e. The summed E-state index contributed by atoms with van der Waals surface area (Å²) in [5.41, 5.74) is 0.859. The second-order valence-corrected chi connectivity index (χ2v) is 10.9. The van der Waals surface area contributed by atoms with Crippen LogP contribution in [0.5, 0.6) is 0 Å².